The number of likely N-dealkylation sites (tertiary alicyclic amines) is 1. The lowest BCUT2D eigenvalue weighted by Gasteiger charge is -2.21. The third-order valence-electron chi connectivity index (χ3n) is 3.04. The van der Waals surface area contributed by atoms with Crippen molar-refractivity contribution in [3.63, 3.8) is 0 Å². The lowest BCUT2D eigenvalue weighted by molar-refractivity contribution is -0.141. The highest BCUT2D eigenvalue weighted by molar-refractivity contribution is 5.99. The number of amides is 1. The predicted molar refractivity (Wildman–Crippen MR) is 61.5 cm³/mol. The molecule has 6 heteroatoms. The smallest absolute Gasteiger partial charge is 0.326 e. The highest BCUT2D eigenvalue weighted by Gasteiger charge is 2.35. The molecule has 1 amide bonds. The second-order valence-corrected chi connectivity index (χ2v) is 4.17. The molecule has 0 radical (unpaired) electrons. The number of carboxylic acid groups (broad SMARTS) is 1. The Morgan fingerprint density at radius 2 is 2.00 bits per heavy atom. The van der Waals surface area contributed by atoms with Crippen molar-refractivity contribution >= 4 is 11.9 Å². The molecule has 0 aromatic heterocycles. The molecule has 1 saturated heterocycles. The molecule has 1 aromatic carbocycles. The van der Waals surface area contributed by atoms with Gasteiger partial charge in [-0.15, -0.1) is 0 Å². The number of phenolic OH excluding ortho intramolecular Hbond substituents is 2. The van der Waals surface area contributed by atoms with Crippen LogP contribution in [0.5, 0.6) is 11.5 Å². The molecule has 0 spiro atoms. The Morgan fingerprint density at radius 1 is 1.28 bits per heavy atom. The van der Waals surface area contributed by atoms with Gasteiger partial charge in [0.2, 0.25) is 0 Å². The summed E-state index contributed by atoms with van der Waals surface area (Å²) in [7, 11) is 0. The van der Waals surface area contributed by atoms with E-state index < -0.39 is 29.4 Å². The third-order valence-corrected chi connectivity index (χ3v) is 3.04. The number of aromatic hydroxyl groups is 2. The number of benzene rings is 1. The number of phenols is 2. The van der Waals surface area contributed by atoms with Crippen LogP contribution in [-0.4, -0.2) is 44.7 Å². The molecular weight excluding hydrogens is 238 g/mol. The summed E-state index contributed by atoms with van der Waals surface area (Å²) in [5, 5.41) is 27.9. The number of carboxylic acids is 1. The molecule has 1 fully saturated rings. The largest absolute Gasteiger partial charge is 0.504 e. The quantitative estimate of drug-likeness (QED) is 0.675. The minimum absolute atomic E-state index is 0.0804. The topological polar surface area (TPSA) is 98.1 Å². The predicted octanol–water partition coefficient (Wildman–Crippen LogP) is 0.787. The van der Waals surface area contributed by atoms with Gasteiger partial charge in [0.05, 0.1) is 5.56 Å². The van der Waals surface area contributed by atoms with E-state index in [1.807, 2.05) is 0 Å². The maximum absolute atomic E-state index is 12.1. The minimum Gasteiger partial charge on any atom is -0.504 e. The first kappa shape index (κ1) is 12.2. The van der Waals surface area contributed by atoms with Crippen LogP contribution < -0.4 is 0 Å². The van der Waals surface area contributed by atoms with Gasteiger partial charge in [0.15, 0.2) is 11.5 Å². The molecule has 2 rings (SSSR count). The average molecular weight is 251 g/mol. The van der Waals surface area contributed by atoms with Crippen molar-refractivity contribution in [3.05, 3.63) is 23.8 Å². The van der Waals surface area contributed by atoms with Crippen LogP contribution in [0.25, 0.3) is 0 Å². The Morgan fingerprint density at radius 3 is 2.67 bits per heavy atom. The molecule has 0 aliphatic carbocycles. The fraction of sp³-hybridized carbons (Fsp3) is 0.333. The first-order chi connectivity index (χ1) is 8.52. The zero-order chi connectivity index (χ0) is 13.3. The monoisotopic (exact) mass is 251 g/mol. The van der Waals surface area contributed by atoms with Crippen LogP contribution in [0.1, 0.15) is 23.2 Å². The van der Waals surface area contributed by atoms with E-state index >= 15 is 0 Å². The van der Waals surface area contributed by atoms with Gasteiger partial charge in [0.1, 0.15) is 6.04 Å². The second kappa shape index (κ2) is 4.56. The van der Waals surface area contributed by atoms with Crippen LogP contribution in [0.2, 0.25) is 0 Å². The Kier molecular flexibility index (Phi) is 3.10. The van der Waals surface area contributed by atoms with E-state index in [0.717, 1.165) is 0 Å². The Labute approximate surface area is 103 Å². The standard InChI is InChI=1S/C12H13NO5/c14-9-5-1-3-7(10(9)15)11(16)13-6-2-4-8(13)12(17)18/h1,3,5,8,14-15H,2,4,6H2,(H,17,18). The summed E-state index contributed by atoms with van der Waals surface area (Å²) in [6.45, 7) is 0.338. The summed E-state index contributed by atoms with van der Waals surface area (Å²) >= 11 is 0. The van der Waals surface area contributed by atoms with E-state index in [0.29, 0.717) is 19.4 Å². The van der Waals surface area contributed by atoms with Gasteiger partial charge in [-0.2, -0.15) is 0 Å². The zero-order valence-electron chi connectivity index (χ0n) is 9.54. The fourth-order valence-corrected chi connectivity index (χ4v) is 2.13. The van der Waals surface area contributed by atoms with Gasteiger partial charge in [-0.05, 0) is 25.0 Å². The lowest BCUT2D eigenvalue weighted by atomic mass is 10.1. The van der Waals surface area contributed by atoms with Gasteiger partial charge in [-0.3, -0.25) is 4.79 Å². The second-order valence-electron chi connectivity index (χ2n) is 4.17. The Bertz CT molecular complexity index is 499. The van der Waals surface area contributed by atoms with Crippen molar-refractivity contribution in [1.29, 1.82) is 0 Å². The molecule has 1 aliphatic rings. The number of carbonyl (C=O) groups is 2. The van der Waals surface area contributed by atoms with E-state index in [-0.39, 0.29) is 5.56 Å². The summed E-state index contributed by atoms with van der Waals surface area (Å²) in [4.78, 5) is 24.3. The highest BCUT2D eigenvalue weighted by Crippen LogP contribution is 2.31. The number of hydrogen-bond donors (Lipinski definition) is 3. The van der Waals surface area contributed by atoms with Gasteiger partial charge >= 0.3 is 5.97 Å². The number of aliphatic carboxylic acids is 1. The lowest BCUT2D eigenvalue weighted by Crippen LogP contribution is -2.40. The van der Waals surface area contributed by atoms with Crippen molar-refractivity contribution in [1.82, 2.24) is 4.90 Å². The maximum atomic E-state index is 12.1. The van der Waals surface area contributed by atoms with Crippen molar-refractivity contribution in [2.24, 2.45) is 0 Å². The van der Waals surface area contributed by atoms with E-state index in [2.05, 4.69) is 0 Å². The van der Waals surface area contributed by atoms with E-state index in [9.17, 15) is 19.8 Å². The minimum atomic E-state index is -1.06. The van der Waals surface area contributed by atoms with Gasteiger partial charge in [-0.25, -0.2) is 4.79 Å². The van der Waals surface area contributed by atoms with Gasteiger partial charge in [0, 0.05) is 6.54 Å². The summed E-state index contributed by atoms with van der Waals surface area (Å²) < 4.78 is 0. The van der Waals surface area contributed by atoms with Crippen LogP contribution >= 0.6 is 0 Å². The highest BCUT2D eigenvalue weighted by atomic mass is 16.4. The summed E-state index contributed by atoms with van der Waals surface area (Å²) in [6.07, 6.45) is 1.02. The molecule has 0 saturated carbocycles. The summed E-state index contributed by atoms with van der Waals surface area (Å²) in [5.74, 6) is -2.54. The number of rotatable bonds is 2. The maximum Gasteiger partial charge on any atom is 0.326 e. The van der Waals surface area contributed by atoms with Crippen molar-refractivity contribution in [3.8, 4) is 11.5 Å². The van der Waals surface area contributed by atoms with E-state index in [1.54, 1.807) is 0 Å². The summed E-state index contributed by atoms with van der Waals surface area (Å²) in [5.41, 5.74) is -0.0804. The molecule has 1 aromatic rings. The number of carbonyl (C=O) groups excluding carboxylic acids is 1. The first-order valence-electron chi connectivity index (χ1n) is 5.57. The van der Waals surface area contributed by atoms with Crippen LogP contribution in [0.3, 0.4) is 0 Å². The normalized spacial score (nSPS) is 18.9. The van der Waals surface area contributed by atoms with Gasteiger partial charge in [-0.1, -0.05) is 6.07 Å². The molecule has 0 bridgehead atoms. The van der Waals surface area contributed by atoms with Crippen LogP contribution in [-0.2, 0) is 4.79 Å². The van der Waals surface area contributed by atoms with Crippen LogP contribution in [0.15, 0.2) is 18.2 Å². The van der Waals surface area contributed by atoms with Crippen molar-refractivity contribution in [2.45, 2.75) is 18.9 Å². The molecule has 18 heavy (non-hydrogen) atoms. The summed E-state index contributed by atoms with van der Waals surface area (Å²) in [6, 6.07) is 3.17. The van der Waals surface area contributed by atoms with Crippen molar-refractivity contribution in [2.75, 3.05) is 6.54 Å². The number of para-hydroxylation sites is 1. The number of hydrogen-bond acceptors (Lipinski definition) is 4. The first-order valence-corrected chi connectivity index (χ1v) is 5.57. The Hall–Kier alpha value is -2.24. The average Bonchev–Trinajstić information content (AvgIpc) is 2.81. The molecule has 6 nitrogen and oxygen atoms in total. The third kappa shape index (κ3) is 1.97. The van der Waals surface area contributed by atoms with Crippen LogP contribution in [0, 0.1) is 0 Å². The SMILES string of the molecule is O=C(O)C1CCCN1C(=O)c1cccc(O)c1O. The molecule has 96 valence electrons. The van der Waals surface area contributed by atoms with E-state index in [4.69, 9.17) is 5.11 Å². The van der Waals surface area contributed by atoms with Crippen LogP contribution in [0.4, 0.5) is 0 Å². The molecule has 1 aliphatic heterocycles. The molecule has 3 N–H and O–H groups in total. The molecule has 1 unspecified atom stereocenters. The van der Waals surface area contributed by atoms with Gasteiger partial charge in [0.25, 0.3) is 5.91 Å². The molecule has 1 heterocycles. The van der Waals surface area contributed by atoms with Gasteiger partial charge < -0.3 is 20.2 Å². The zero-order valence-corrected chi connectivity index (χ0v) is 9.54. The fourth-order valence-electron chi connectivity index (χ4n) is 2.13. The number of nitrogens with zero attached hydrogens (tertiary/aromatic N) is 1. The van der Waals surface area contributed by atoms with E-state index in [1.165, 1.54) is 23.1 Å². The molecular formula is C12H13NO5. The van der Waals surface area contributed by atoms with Crippen molar-refractivity contribution < 1.29 is 24.9 Å². The molecule has 1 atom stereocenters. The Balaban J connectivity index is 2.31.